The topological polar surface area (TPSA) is 132 Å². The average Bonchev–Trinajstić information content (AvgIpc) is 3.51. The Morgan fingerprint density at radius 1 is 1.07 bits per heavy atom. The predicted molar refractivity (Wildman–Crippen MR) is 159 cm³/mol. The number of anilines is 1. The van der Waals surface area contributed by atoms with Gasteiger partial charge in [0.1, 0.15) is 17.1 Å². The summed E-state index contributed by atoms with van der Waals surface area (Å²) in [7, 11) is 0. The number of hydrogen-bond donors (Lipinski definition) is 2. The summed E-state index contributed by atoms with van der Waals surface area (Å²) in [6, 6.07) is 9.71. The Balaban J connectivity index is 1.44. The molecule has 0 spiro atoms. The van der Waals surface area contributed by atoms with E-state index >= 15 is 4.39 Å². The normalized spacial score (nSPS) is 11.0. The van der Waals surface area contributed by atoms with Crippen LogP contribution < -0.4 is 21.3 Å². The summed E-state index contributed by atoms with van der Waals surface area (Å²) in [5.41, 5.74) is 0.0626. The lowest BCUT2D eigenvalue weighted by molar-refractivity contribution is 0.102. The van der Waals surface area contributed by atoms with E-state index in [4.69, 9.17) is 10.1 Å². The summed E-state index contributed by atoms with van der Waals surface area (Å²) in [5, 5.41) is 11.8. The number of aromatic nitrogens is 4. The van der Waals surface area contributed by atoms with Gasteiger partial charge in [0.05, 0.1) is 11.4 Å². The van der Waals surface area contributed by atoms with Crippen molar-refractivity contribution in [3.05, 3.63) is 116 Å². The van der Waals surface area contributed by atoms with Crippen molar-refractivity contribution >= 4 is 29.3 Å². The number of carbonyl (C=O) groups is 1. The molecule has 2 N–H and O–H groups in total. The molecule has 218 valence electrons. The Bertz CT molecular complexity index is 1940. The molecule has 2 aromatic carbocycles. The summed E-state index contributed by atoms with van der Waals surface area (Å²) in [6.07, 6.45) is 5.76. The molecule has 0 aliphatic carbocycles. The van der Waals surface area contributed by atoms with E-state index in [2.05, 4.69) is 14.7 Å². The molecule has 10 nitrogen and oxygen atoms in total. The number of carbonyl (C=O) groups excluding carboxylic acids is 1. The molecule has 0 fully saturated rings. The molecule has 0 radical (unpaired) electrons. The highest BCUT2D eigenvalue weighted by atomic mass is 32.1. The standard InChI is InChI=1S/C30H24F2N6O4S/c1-17(2)37-15-23(29(40)38(30(37)41)22-6-3-20(31)4-7-22)28(39)36-21-5-8-26(24(32)12-21)42-27-11-18(19-14-35-43-16-19)13-34-25(27)9-10-33/h3-8,10-17,33H,9H2,1-2H3,(H,36,39). The lowest BCUT2D eigenvalue weighted by Gasteiger charge is -2.16. The van der Waals surface area contributed by atoms with Crippen LogP contribution in [-0.4, -0.2) is 30.6 Å². The number of pyridine rings is 1. The van der Waals surface area contributed by atoms with Crippen LogP contribution in [0.25, 0.3) is 16.8 Å². The van der Waals surface area contributed by atoms with Gasteiger partial charge in [0, 0.05) is 65.5 Å². The van der Waals surface area contributed by atoms with Gasteiger partial charge in [-0.1, -0.05) is 0 Å². The highest BCUT2D eigenvalue weighted by Crippen LogP contribution is 2.32. The average molecular weight is 603 g/mol. The first-order valence-electron chi connectivity index (χ1n) is 13.0. The lowest BCUT2D eigenvalue weighted by Crippen LogP contribution is -2.42. The van der Waals surface area contributed by atoms with Gasteiger partial charge in [-0.2, -0.15) is 0 Å². The van der Waals surface area contributed by atoms with Crippen LogP contribution >= 0.6 is 11.5 Å². The third kappa shape index (κ3) is 6.16. The smallest absolute Gasteiger partial charge is 0.335 e. The maximum Gasteiger partial charge on any atom is 0.335 e. The summed E-state index contributed by atoms with van der Waals surface area (Å²) < 4.78 is 40.6. The van der Waals surface area contributed by atoms with E-state index in [0.29, 0.717) is 11.3 Å². The predicted octanol–water partition coefficient (Wildman–Crippen LogP) is 5.61. The second-order valence-electron chi connectivity index (χ2n) is 9.63. The molecule has 0 saturated carbocycles. The van der Waals surface area contributed by atoms with Gasteiger partial charge in [-0.3, -0.25) is 19.1 Å². The van der Waals surface area contributed by atoms with Crippen molar-refractivity contribution in [3.8, 4) is 28.3 Å². The zero-order valence-corrected chi connectivity index (χ0v) is 23.7. The number of halogens is 2. The Kier molecular flexibility index (Phi) is 8.34. The second kappa shape index (κ2) is 12.3. The van der Waals surface area contributed by atoms with Gasteiger partial charge < -0.3 is 15.5 Å². The van der Waals surface area contributed by atoms with Crippen molar-refractivity contribution < 1.29 is 18.3 Å². The van der Waals surface area contributed by atoms with Crippen LogP contribution in [0.15, 0.2) is 82.1 Å². The molecule has 3 heterocycles. The van der Waals surface area contributed by atoms with Crippen LogP contribution in [0.5, 0.6) is 11.5 Å². The maximum absolute atomic E-state index is 15.2. The number of nitrogens with one attached hydrogen (secondary N) is 2. The Hall–Kier alpha value is -5.30. The fraction of sp³-hybridized carbons (Fsp3) is 0.133. The van der Waals surface area contributed by atoms with Gasteiger partial charge in [-0.15, -0.1) is 0 Å². The largest absolute Gasteiger partial charge is 0.452 e. The molecule has 0 atom stereocenters. The first-order valence-corrected chi connectivity index (χ1v) is 13.8. The van der Waals surface area contributed by atoms with Gasteiger partial charge in [0.2, 0.25) is 0 Å². The molecule has 0 saturated heterocycles. The molecule has 13 heteroatoms. The molecule has 0 bridgehead atoms. The molecular weight excluding hydrogens is 578 g/mol. The van der Waals surface area contributed by atoms with E-state index < -0.39 is 34.8 Å². The van der Waals surface area contributed by atoms with E-state index in [9.17, 15) is 18.8 Å². The molecule has 0 aliphatic heterocycles. The van der Waals surface area contributed by atoms with Gasteiger partial charge in [0.15, 0.2) is 11.6 Å². The fourth-order valence-corrected chi connectivity index (χ4v) is 4.76. The minimum absolute atomic E-state index is 0.0285. The number of benzene rings is 2. The first kappa shape index (κ1) is 29.2. The summed E-state index contributed by atoms with van der Waals surface area (Å²) >= 11 is 1.27. The molecule has 3 aromatic heterocycles. The van der Waals surface area contributed by atoms with Crippen molar-refractivity contribution in [2.24, 2.45) is 0 Å². The number of amides is 1. The molecule has 0 unspecified atom stereocenters. The van der Waals surface area contributed by atoms with Crippen LogP contribution in [0.4, 0.5) is 14.5 Å². The van der Waals surface area contributed by atoms with Crippen LogP contribution in [0.1, 0.15) is 35.9 Å². The van der Waals surface area contributed by atoms with Crippen molar-refractivity contribution in [2.45, 2.75) is 26.3 Å². The second-order valence-corrected chi connectivity index (χ2v) is 10.3. The third-order valence-corrected chi connectivity index (χ3v) is 6.99. The van der Waals surface area contributed by atoms with E-state index in [0.717, 1.165) is 40.7 Å². The zero-order chi connectivity index (χ0) is 30.7. The van der Waals surface area contributed by atoms with Gasteiger partial charge in [-0.05, 0) is 67.8 Å². The van der Waals surface area contributed by atoms with Crippen LogP contribution in [0.2, 0.25) is 0 Å². The maximum atomic E-state index is 15.2. The molecule has 43 heavy (non-hydrogen) atoms. The van der Waals surface area contributed by atoms with Gasteiger partial charge in [0.25, 0.3) is 11.5 Å². The Labute approximate surface area is 247 Å². The van der Waals surface area contributed by atoms with Crippen molar-refractivity contribution in [2.75, 3.05) is 5.32 Å². The monoisotopic (exact) mass is 602 g/mol. The van der Waals surface area contributed by atoms with E-state index in [-0.39, 0.29) is 34.9 Å². The quantitative estimate of drug-likeness (QED) is 0.211. The lowest BCUT2D eigenvalue weighted by atomic mass is 10.1. The van der Waals surface area contributed by atoms with Gasteiger partial charge >= 0.3 is 5.69 Å². The molecule has 5 rings (SSSR count). The minimum atomic E-state index is -0.918. The highest BCUT2D eigenvalue weighted by Gasteiger charge is 2.21. The van der Waals surface area contributed by atoms with Crippen molar-refractivity contribution in [1.29, 1.82) is 5.41 Å². The third-order valence-electron chi connectivity index (χ3n) is 6.40. The number of ether oxygens (including phenoxy) is 1. The van der Waals surface area contributed by atoms with Crippen molar-refractivity contribution in [1.82, 2.24) is 18.5 Å². The highest BCUT2D eigenvalue weighted by molar-refractivity contribution is 7.03. The van der Waals surface area contributed by atoms with Crippen LogP contribution in [-0.2, 0) is 6.42 Å². The van der Waals surface area contributed by atoms with Crippen molar-refractivity contribution in [3.63, 3.8) is 0 Å². The van der Waals surface area contributed by atoms with E-state index in [1.165, 1.54) is 40.4 Å². The zero-order valence-electron chi connectivity index (χ0n) is 22.9. The summed E-state index contributed by atoms with van der Waals surface area (Å²) in [4.78, 5) is 43.9. The number of hydrogen-bond acceptors (Lipinski definition) is 8. The Morgan fingerprint density at radius 3 is 2.49 bits per heavy atom. The number of nitrogens with zero attached hydrogens (tertiary/aromatic N) is 4. The molecule has 0 aliphatic rings. The molecule has 5 aromatic rings. The van der Waals surface area contributed by atoms with E-state index in [1.807, 2.05) is 5.38 Å². The summed E-state index contributed by atoms with van der Waals surface area (Å²) in [6.45, 7) is 3.40. The molecular formula is C30H24F2N6O4S. The van der Waals surface area contributed by atoms with Crippen LogP contribution in [0, 0.1) is 17.0 Å². The van der Waals surface area contributed by atoms with E-state index in [1.54, 1.807) is 32.3 Å². The minimum Gasteiger partial charge on any atom is -0.452 e. The fourth-order valence-electron chi connectivity index (χ4n) is 4.21. The Morgan fingerprint density at radius 2 is 1.84 bits per heavy atom. The van der Waals surface area contributed by atoms with Gasteiger partial charge in [-0.25, -0.2) is 22.5 Å². The SMILES string of the molecule is CC(C)n1cc(C(=O)Nc2ccc(Oc3cc(-c4cnsc4)cnc3CC=N)c(F)c2)c(=O)n(-c2ccc(F)cc2)c1=O. The first-order chi connectivity index (χ1) is 20.7. The summed E-state index contributed by atoms with van der Waals surface area (Å²) in [5.74, 6) is -2.15. The van der Waals surface area contributed by atoms with Crippen LogP contribution in [0.3, 0.4) is 0 Å². The molecule has 1 amide bonds. The number of rotatable bonds is 9.